The molecule has 1 aliphatic carbocycles. The summed E-state index contributed by atoms with van der Waals surface area (Å²) in [5.74, 6) is 1.45. The summed E-state index contributed by atoms with van der Waals surface area (Å²) in [6.45, 7) is 2.12. The second-order valence-electron chi connectivity index (χ2n) is 5.68. The molecule has 1 aromatic carbocycles. The predicted octanol–water partition coefficient (Wildman–Crippen LogP) is 5.07. The van der Waals surface area contributed by atoms with Gasteiger partial charge in [0.25, 0.3) is 0 Å². The number of hydrogen-bond donors (Lipinski definition) is 0. The molecule has 0 fully saturated rings. The number of aromatic nitrogens is 2. The first-order valence-electron chi connectivity index (χ1n) is 7.38. The van der Waals surface area contributed by atoms with Crippen LogP contribution in [0.5, 0.6) is 0 Å². The molecule has 1 aliphatic rings. The zero-order valence-electron chi connectivity index (χ0n) is 12.0. The Kier molecular flexibility index (Phi) is 3.27. The quantitative estimate of drug-likeness (QED) is 0.603. The van der Waals surface area contributed by atoms with Crippen LogP contribution in [0.15, 0.2) is 29.6 Å². The third-order valence-corrected chi connectivity index (χ3v) is 5.68. The van der Waals surface area contributed by atoms with Crippen molar-refractivity contribution in [3.8, 4) is 0 Å². The predicted molar refractivity (Wildman–Crippen MR) is 89.4 cm³/mol. The number of alkyl halides is 1. The van der Waals surface area contributed by atoms with Crippen LogP contribution in [0.4, 0.5) is 0 Å². The Bertz CT molecular complexity index is 802. The van der Waals surface area contributed by atoms with Crippen molar-refractivity contribution in [2.24, 2.45) is 0 Å². The maximum atomic E-state index is 6.20. The number of rotatable bonds is 2. The van der Waals surface area contributed by atoms with Crippen LogP contribution in [-0.4, -0.2) is 9.55 Å². The number of nitrogens with zero attached hydrogens (tertiary/aromatic N) is 2. The summed E-state index contributed by atoms with van der Waals surface area (Å²) < 4.78 is 2.38. The van der Waals surface area contributed by atoms with E-state index in [-0.39, 0.29) is 0 Å². The topological polar surface area (TPSA) is 17.8 Å². The third kappa shape index (κ3) is 2.02. The van der Waals surface area contributed by atoms with E-state index < -0.39 is 0 Å². The van der Waals surface area contributed by atoms with Crippen molar-refractivity contribution in [1.29, 1.82) is 0 Å². The van der Waals surface area contributed by atoms with Crippen LogP contribution in [0.1, 0.15) is 40.7 Å². The molecule has 0 saturated carbocycles. The molecule has 0 aliphatic heterocycles. The average molecular weight is 317 g/mol. The number of imidazole rings is 1. The Hall–Kier alpha value is -1.32. The van der Waals surface area contributed by atoms with Crippen LogP contribution in [-0.2, 0) is 12.3 Å². The summed E-state index contributed by atoms with van der Waals surface area (Å²) in [5, 5.41) is 2.22. The summed E-state index contributed by atoms with van der Waals surface area (Å²) in [7, 11) is 0. The molecule has 4 heteroatoms. The van der Waals surface area contributed by atoms with E-state index in [4.69, 9.17) is 16.6 Å². The highest BCUT2D eigenvalue weighted by molar-refractivity contribution is 7.10. The van der Waals surface area contributed by atoms with E-state index in [1.54, 1.807) is 0 Å². The standard InChI is InChI=1S/C17H17ClN2S/c1-11-4-2-6-14-17(11)19-16(10-18)20(14)13-5-3-7-15-12(13)8-9-21-15/h2,4,6,8-9,13H,3,5,7,10H2,1H3. The van der Waals surface area contributed by atoms with Gasteiger partial charge in [0.1, 0.15) is 5.82 Å². The number of benzene rings is 1. The monoisotopic (exact) mass is 316 g/mol. The van der Waals surface area contributed by atoms with Gasteiger partial charge >= 0.3 is 0 Å². The van der Waals surface area contributed by atoms with E-state index in [9.17, 15) is 0 Å². The first-order chi connectivity index (χ1) is 10.3. The van der Waals surface area contributed by atoms with E-state index in [1.807, 2.05) is 11.3 Å². The molecule has 0 radical (unpaired) electrons. The van der Waals surface area contributed by atoms with Crippen LogP contribution in [0.2, 0.25) is 0 Å². The van der Waals surface area contributed by atoms with Gasteiger partial charge in [-0.15, -0.1) is 22.9 Å². The van der Waals surface area contributed by atoms with Crippen molar-refractivity contribution in [3.63, 3.8) is 0 Å². The van der Waals surface area contributed by atoms with Gasteiger partial charge in [0.2, 0.25) is 0 Å². The largest absolute Gasteiger partial charge is 0.319 e. The van der Waals surface area contributed by atoms with Crippen LogP contribution in [0.3, 0.4) is 0 Å². The number of hydrogen-bond acceptors (Lipinski definition) is 2. The highest BCUT2D eigenvalue weighted by Gasteiger charge is 2.26. The summed E-state index contributed by atoms with van der Waals surface area (Å²) in [6.07, 6.45) is 3.63. The van der Waals surface area contributed by atoms with Gasteiger partial charge in [-0.1, -0.05) is 12.1 Å². The lowest BCUT2D eigenvalue weighted by Crippen LogP contribution is -2.17. The number of aryl methyl sites for hydroxylation is 2. The Morgan fingerprint density at radius 2 is 2.29 bits per heavy atom. The molecule has 21 heavy (non-hydrogen) atoms. The Morgan fingerprint density at radius 3 is 3.14 bits per heavy atom. The van der Waals surface area contributed by atoms with Gasteiger partial charge in [0, 0.05) is 4.88 Å². The zero-order chi connectivity index (χ0) is 14.4. The first-order valence-corrected chi connectivity index (χ1v) is 8.79. The van der Waals surface area contributed by atoms with Crippen LogP contribution >= 0.6 is 22.9 Å². The van der Waals surface area contributed by atoms with Crippen LogP contribution in [0, 0.1) is 6.92 Å². The van der Waals surface area contributed by atoms with Gasteiger partial charge < -0.3 is 4.57 Å². The molecule has 2 heterocycles. The molecule has 108 valence electrons. The third-order valence-electron chi connectivity index (χ3n) is 4.45. The lowest BCUT2D eigenvalue weighted by atomic mass is 9.93. The molecule has 0 bridgehead atoms. The lowest BCUT2D eigenvalue weighted by molar-refractivity contribution is 0.495. The Balaban J connectivity index is 1.97. The molecule has 0 saturated heterocycles. The number of halogens is 1. The normalized spacial score (nSPS) is 18.1. The Labute approximate surface area is 133 Å². The molecule has 0 amide bonds. The van der Waals surface area contributed by atoms with E-state index in [0.29, 0.717) is 11.9 Å². The fraction of sp³-hybridized carbons (Fsp3) is 0.353. The van der Waals surface area contributed by atoms with Gasteiger partial charge in [0.15, 0.2) is 0 Å². The molecular weight excluding hydrogens is 300 g/mol. The maximum absolute atomic E-state index is 6.20. The van der Waals surface area contributed by atoms with Crippen molar-refractivity contribution < 1.29 is 0 Å². The van der Waals surface area contributed by atoms with Gasteiger partial charge in [0.05, 0.1) is 23.0 Å². The molecular formula is C17H17ClN2S. The second-order valence-corrected chi connectivity index (χ2v) is 6.95. The van der Waals surface area contributed by atoms with E-state index in [1.165, 1.54) is 40.8 Å². The number of para-hydroxylation sites is 1. The molecule has 2 aromatic heterocycles. The number of fused-ring (bicyclic) bond motifs is 2. The minimum atomic E-state index is 0.389. The minimum absolute atomic E-state index is 0.389. The molecule has 2 nitrogen and oxygen atoms in total. The summed E-state index contributed by atoms with van der Waals surface area (Å²) in [4.78, 5) is 6.33. The van der Waals surface area contributed by atoms with Crippen molar-refractivity contribution in [2.75, 3.05) is 0 Å². The SMILES string of the molecule is Cc1cccc2c1nc(CCl)n2C1CCCc2sccc21. The molecule has 3 aromatic rings. The highest BCUT2D eigenvalue weighted by atomic mass is 35.5. The molecule has 1 unspecified atom stereocenters. The smallest absolute Gasteiger partial charge is 0.125 e. The van der Waals surface area contributed by atoms with Gasteiger partial charge in [-0.2, -0.15) is 0 Å². The second kappa shape index (κ2) is 5.15. The van der Waals surface area contributed by atoms with Gasteiger partial charge in [-0.25, -0.2) is 4.98 Å². The first kappa shape index (κ1) is 13.4. The number of thiophene rings is 1. The molecule has 0 spiro atoms. The summed E-state index contributed by atoms with van der Waals surface area (Å²) >= 11 is 8.08. The fourth-order valence-corrected chi connectivity index (χ4v) is 4.65. The molecule has 1 atom stereocenters. The zero-order valence-corrected chi connectivity index (χ0v) is 13.5. The van der Waals surface area contributed by atoms with E-state index >= 15 is 0 Å². The lowest BCUT2D eigenvalue weighted by Gasteiger charge is -2.26. The minimum Gasteiger partial charge on any atom is -0.319 e. The van der Waals surface area contributed by atoms with Crippen molar-refractivity contribution >= 4 is 34.0 Å². The van der Waals surface area contributed by atoms with Crippen molar-refractivity contribution in [2.45, 2.75) is 38.1 Å². The van der Waals surface area contributed by atoms with Crippen LogP contribution < -0.4 is 0 Å². The maximum Gasteiger partial charge on any atom is 0.125 e. The summed E-state index contributed by atoms with van der Waals surface area (Å²) in [6, 6.07) is 9.08. The van der Waals surface area contributed by atoms with Gasteiger partial charge in [-0.3, -0.25) is 0 Å². The van der Waals surface area contributed by atoms with Crippen molar-refractivity contribution in [3.05, 3.63) is 51.5 Å². The Morgan fingerprint density at radius 1 is 1.38 bits per heavy atom. The van der Waals surface area contributed by atoms with E-state index in [0.717, 1.165) is 11.3 Å². The van der Waals surface area contributed by atoms with Gasteiger partial charge in [-0.05, 0) is 54.8 Å². The average Bonchev–Trinajstić information content (AvgIpc) is 3.11. The van der Waals surface area contributed by atoms with Crippen molar-refractivity contribution in [1.82, 2.24) is 9.55 Å². The van der Waals surface area contributed by atoms with E-state index in [2.05, 4.69) is 41.1 Å². The molecule has 0 N–H and O–H groups in total. The molecule has 4 rings (SSSR count). The highest BCUT2D eigenvalue weighted by Crippen LogP contribution is 2.39. The fourth-order valence-electron chi connectivity index (χ4n) is 3.48. The van der Waals surface area contributed by atoms with Crippen LogP contribution in [0.25, 0.3) is 11.0 Å². The summed E-state index contributed by atoms with van der Waals surface area (Å²) in [5.41, 5.74) is 5.00.